The highest BCUT2D eigenvalue weighted by molar-refractivity contribution is 7.90. The Morgan fingerprint density at radius 3 is 2.24 bits per heavy atom. The Bertz CT molecular complexity index is 1150. The predicted molar refractivity (Wildman–Crippen MR) is 131 cm³/mol. The second-order valence-corrected chi connectivity index (χ2v) is 10.5. The molecule has 0 aliphatic heterocycles. The van der Waals surface area contributed by atoms with Crippen LogP contribution < -0.4 is 9.47 Å². The minimum atomic E-state index is -3.06. The molecule has 0 aliphatic rings. The molecule has 2 aromatic carbocycles. The number of aliphatic hydroxyl groups is 1. The number of hydrogen-bond donors (Lipinski definition) is 1. The van der Waals surface area contributed by atoms with Gasteiger partial charge in [0.2, 0.25) is 5.88 Å². The Kier molecular flexibility index (Phi) is 8.47. The summed E-state index contributed by atoms with van der Waals surface area (Å²) in [4.78, 5) is 4.69. The maximum atomic E-state index is 11.3. The van der Waals surface area contributed by atoms with E-state index in [0.29, 0.717) is 18.2 Å². The number of aliphatic hydroxyl groups excluding tert-OH is 1. The molecule has 6 nitrogen and oxygen atoms in total. The van der Waals surface area contributed by atoms with E-state index in [0.717, 1.165) is 40.8 Å². The Morgan fingerprint density at radius 1 is 0.939 bits per heavy atom. The predicted octanol–water partition coefficient (Wildman–Crippen LogP) is 4.29. The third-order valence-corrected chi connectivity index (χ3v) is 6.15. The molecular formula is C26H31NO5S. The van der Waals surface area contributed by atoms with Crippen molar-refractivity contribution in [3.8, 4) is 22.9 Å². The summed E-state index contributed by atoms with van der Waals surface area (Å²) < 4.78 is 34.2. The molecule has 0 bridgehead atoms. The summed E-state index contributed by atoms with van der Waals surface area (Å²) in [5.74, 6) is 1.18. The van der Waals surface area contributed by atoms with Gasteiger partial charge in [-0.3, -0.25) is 0 Å². The zero-order valence-electron chi connectivity index (χ0n) is 19.4. The second-order valence-electron chi connectivity index (χ2n) is 8.20. The molecule has 3 rings (SSSR count). The molecule has 0 saturated carbocycles. The van der Waals surface area contributed by atoms with E-state index in [1.165, 1.54) is 11.8 Å². The van der Waals surface area contributed by atoms with Crippen LogP contribution in [-0.2, 0) is 22.9 Å². The van der Waals surface area contributed by atoms with Crippen molar-refractivity contribution < 1.29 is 23.0 Å². The van der Waals surface area contributed by atoms with Crippen LogP contribution >= 0.6 is 0 Å². The van der Waals surface area contributed by atoms with E-state index in [1.807, 2.05) is 56.3 Å². The molecule has 7 heteroatoms. The molecule has 0 spiro atoms. The van der Waals surface area contributed by atoms with Crippen molar-refractivity contribution >= 4 is 9.84 Å². The number of sulfone groups is 1. The van der Waals surface area contributed by atoms with Gasteiger partial charge in [0.15, 0.2) is 9.84 Å². The van der Waals surface area contributed by atoms with Crippen molar-refractivity contribution in [1.82, 2.24) is 4.98 Å². The lowest BCUT2D eigenvalue weighted by molar-refractivity contribution is 0.288. The van der Waals surface area contributed by atoms with Crippen LogP contribution in [0.15, 0.2) is 54.6 Å². The van der Waals surface area contributed by atoms with E-state index in [9.17, 15) is 8.42 Å². The SMILES string of the molecule is Cc1cc(OCCS(C)(=O)=O)cc(C)c1-c1cccc(OCc2ccc(CCCO)cc2)n1. The van der Waals surface area contributed by atoms with Crippen LogP contribution in [0.25, 0.3) is 11.3 Å². The van der Waals surface area contributed by atoms with Crippen LogP contribution in [0.5, 0.6) is 11.6 Å². The van der Waals surface area contributed by atoms with E-state index in [1.54, 1.807) is 0 Å². The molecule has 0 fully saturated rings. The highest BCUT2D eigenvalue weighted by Gasteiger charge is 2.12. The van der Waals surface area contributed by atoms with Crippen molar-refractivity contribution in [2.75, 3.05) is 25.2 Å². The Morgan fingerprint density at radius 2 is 1.61 bits per heavy atom. The monoisotopic (exact) mass is 469 g/mol. The molecular weight excluding hydrogens is 438 g/mol. The van der Waals surface area contributed by atoms with Crippen LogP contribution in [0, 0.1) is 13.8 Å². The Labute approximate surface area is 196 Å². The third-order valence-electron chi connectivity index (χ3n) is 5.24. The van der Waals surface area contributed by atoms with Crippen molar-refractivity contribution in [2.45, 2.75) is 33.3 Å². The number of benzene rings is 2. The summed E-state index contributed by atoms with van der Waals surface area (Å²) in [6, 6.07) is 17.7. The van der Waals surface area contributed by atoms with Crippen LogP contribution in [0.4, 0.5) is 0 Å². The first-order chi connectivity index (χ1) is 15.7. The largest absolute Gasteiger partial charge is 0.493 e. The lowest BCUT2D eigenvalue weighted by Crippen LogP contribution is -2.12. The number of nitrogens with zero attached hydrogens (tertiary/aromatic N) is 1. The molecule has 1 heterocycles. The van der Waals surface area contributed by atoms with Gasteiger partial charge in [-0.25, -0.2) is 13.4 Å². The molecule has 33 heavy (non-hydrogen) atoms. The highest BCUT2D eigenvalue weighted by Crippen LogP contribution is 2.31. The van der Waals surface area contributed by atoms with Gasteiger partial charge >= 0.3 is 0 Å². The van der Waals surface area contributed by atoms with Gasteiger partial charge in [0.05, 0.1) is 11.4 Å². The van der Waals surface area contributed by atoms with Gasteiger partial charge in [0.1, 0.15) is 19.0 Å². The number of ether oxygens (including phenoxy) is 2. The fraction of sp³-hybridized carbons (Fsp3) is 0.346. The van der Waals surface area contributed by atoms with Crippen molar-refractivity contribution in [3.63, 3.8) is 0 Å². The quantitative estimate of drug-likeness (QED) is 0.451. The van der Waals surface area contributed by atoms with Gasteiger partial charge in [-0.1, -0.05) is 30.3 Å². The summed E-state index contributed by atoms with van der Waals surface area (Å²) in [5.41, 5.74) is 6.05. The summed E-state index contributed by atoms with van der Waals surface area (Å²) in [7, 11) is -3.06. The first-order valence-corrected chi connectivity index (χ1v) is 13.0. The molecule has 0 radical (unpaired) electrons. The molecule has 3 aromatic rings. The number of hydrogen-bond acceptors (Lipinski definition) is 6. The van der Waals surface area contributed by atoms with Crippen molar-refractivity contribution in [1.29, 1.82) is 0 Å². The van der Waals surface area contributed by atoms with Crippen LogP contribution in [-0.4, -0.2) is 43.7 Å². The zero-order valence-corrected chi connectivity index (χ0v) is 20.2. The summed E-state index contributed by atoms with van der Waals surface area (Å²) in [6.07, 6.45) is 2.83. The molecule has 1 aromatic heterocycles. The topological polar surface area (TPSA) is 85.7 Å². The summed E-state index contributed by atoms with van der Waals surface area (Å²) in [6.45, 7) is 4.71. The number of aryl methyl sites for hydroxylation is 3. The first kappa shape index (κ1) is 24.7. The van der Waals surface area contributed by atoms with E-state index in [4.69, 9.17) is 19.6 Å². The number of pyridine rings is 1. The lowest BCUT2D eigenvalue weighted by atomic mass is 9.99. The van der Waals surface area contributed by atoms with E-state index in [2.05, 4.69) is 12.1 Å². The van der Waals surface area contributed by atoms with Gasteiger partial charge < -0.3 is 14.6 Å². The van der Waals surface area contributed by atoms with Gasteiger partial charge in [-0.05, 0) is 67.1 Å². The lowest BCUT2D eigenvalue weighted by Gasteiger charge is -2.14. The highest BCUT2D eigenvalue weighted by atomic mass is 32.2. The Balaban J connectivity index is 1.68. The molecule has 1 N–H and O–H groups in total. The average molecular weight is 470 g/mol. The fourth-order valence-electron chi connectivity index (χ4n) is 3.60. The second kappa shape index (κ2) is 11.3. The fourth-order valence-corrected chi connectivity index (χ4v) is 3.99. The third kappa shape index (κ3) is 7.58. The van der Waals surface area contributed by atoms with Crippen molar-refractivity contribution in [3.05, 3.63) is 76.9 Å². The van der Waals surface area contributed by atoms with Crippen LogP contribution in [0.2, 0.25) is 0 Å². The maximum Gasteiger partial charge on any atom is 0.214 e. The first-order valence-electron chi connectivity index (χ1n) is 11.0. The molecule has 176 valence electrons. The van der Waals surface area contributed by atoms with E-state index in [-0.39, 0.29) is 19.0 Å². The molecule has 0 atom stereocenters. The molecule has 0 aliphatic carbocycles. The van der Waals surface area contributed by atoms with Gasteiger partial charge in [-0.15, -0.1) is 0 Å². The van der Waals surface area contributed by atoms with E-state index < -0.39 is 9.84 Å². The average Bonchev–Trinajstić information content (AvgIpc) is 2.76. The molecule has 0 unspecified atom stereocenters. The van der Waals surface area contributed by atoms with Gasteiger partial charge in [-0.2, -0.15) is 0 Å². The normalized spacial score (nSPS) is 11.4. The zero-order chi connectivity index (χ0) is 23.8. The molecule has 0 amide bonds. The van der Waals surface area contributed by atoms with Crippen LogP contribution in [0.1, 0.15) is 28.7 Å². The van der Waals surface area contributed by atoms with Crippen molar-refractivity contribution in [2.24, 2.45) is 0 Å². The van der Waals surface area contributed by atoms with Gasteiger partial charge in [0.25, 0.3) is 0 Å². The smallest absolute Gasteiger partial charge is 0.214 e. The molecule has 0 saturated heterocycles. The summed E-state index contributed by atoms with van der Waals surface area (Å²) in [5, 5.41) is 8.95. The number of aromatic nitrogens is 1. The minimum Gasteiger partial charge on any atom is -0.493 e. The Hall–Kier alpha value is -2.90. The maximum absolute atomic E-state index is 11.3. The van der Waals surface area contributed by atoms with Crippen LogP contribution in [0.3, 0.4) is 0 Å². The van der Waals surface area contributed by atoms with Gasteiger partial charge in [0, 0.05) is 24.5 Å². The standard InChI is InChI=1S/C26H31NO5S/c1-19-16-23(31-14-15-33(3,29)30)17-20(2)26(19)24-7-4-8-25(27-24)32-18-22-11-9-21(10-12-22)6-5-13-28/h4,7-12,16-17,28H,5-6,13-15,18H2,1-3H3. The minimum absolute atomic E-state index is 0.0147. The summed E-state index contributed by atoms with van der Waals surface area (Å²) >= 11 is 0. The number of rotatable bonds is 11. The van der Waals surface area contributed by atoms with E-state index >= 15 is 0 Å².